The molecule has 0 fully saturated rings. The van der Waals surface area contributed by atoms with Crippen molar-refractivity contribution in [1.82, 2.24) is 9.97 Å². The zero-order valence-electron chi connectivity index (χ0n) is 28.1. The van der Waals surface area contributed by atoms with Gasteiger partial charge < -0.3 is 0 Å². The van der Waals surface area contributed by atoms with E-state index in [-0.39, 0.29) is 0 Å². The smallest absolute Gasteiger partial charge is 0.160 e. The fraction of sp³-hybridized carbons (Fsp3) is 0.209. The van der Waals surface area contributed by atoms with E-state index in [1.54, 1.807) is 0 Å². The van der Waals surface area contributed by atoms with E-state index in [9.17, 15) is 0 Å². The van der Waals surface area contributed by atoms with Crippen LogP contribution in [0.5, 0.6) is 0 Å². The molecule has 5 aromatic carbocycles. The molecule has 2 nitrogen and oxygen atoms in total. The van der Waals surface area contributed by atoms with Crippen LogP contribution in [0.25, 0.3) is 56.2 Å². The standard InChI is InChI=1S/C43H42N2/c1-25-10-14-34(15-11-25)43-44-39(37-20-30(6)41(31(7)21-37)35-16-12-26(2)28(4)18-35)24-40(45-43)38-22-32(8)42(33(9)23-38)36-17-13-27(3)29(5)19-36/h10-24H,1-9H3. The zero-order chi connectivity index (χ0) is 32.0. The van der Waals surface area contributed by atoms with E-state index in [0.29, 0.717) is 0 Å². The molecule has 0 bridgehead atoms. The van der Waals surface area contributed by atoms with Gasteiger partial charge in [-0.25, -0.2) is 9.97 Å². The molecular formula is C43H42N2. The topological polar surface area (TPSA) is 25.8 Å². The van der Waals surface area contributed by atoms with Crippen molar-refractivity contribution in [2.45, 2.75) is 62.3 Å². The third kappa shape index (κ3) is 5.98. The highest BCUT2D eigenvalue weighted by Gasteiger charge is 2.16. The van der Waals surface area contributed by atoms with E-state index in [2.05, 4.69) is 153 Å². The molecule has 0 unspecified atom stereocenters. The molecule has 0 saturated heterocycles. The van der Waals surface area contributed by atoms with Crippen LogP contribution in [0.2, 0.25) is 0 Å². The predicted octanol–water partition coefficient (Wildman–Crippen LogP) is 11.6. The van der Waals surface area contributed by atoms with Crippen LogP contribution in [0, 0.1) is 62.3 Å². The van der Waals surface area contributed by atoms with Gasteiger partial charge >= 0.3 is 0 Å². The molecular weight excluding hydrogens is 544 g/mol. The van der Waals surface area contributed by atoms with Crippen molar-refractivity contribution >= 4 is 0 Å². The van der Waals surface area contributed by atoms with Gasteiger partial charge in [-0.2, -0.15) is 0 Å². The van der Waals surface area contributed by atoms with Gasteiger partial charge in [0.05, 0.1) is 11.4 Å². The number of benzene rings is 5. The highest BCUT2D eigenvalue weighted by Crippen LogP contribution is 2.37. The molecule has 2 heteroatoms. The van der Waals surface area contributed by atoms with Gasteiger partial charge in [0, 0.05) is 16.7 Å². The first-order chi connectivity index (χ1) is 21.5. The molecule has 0 spiro atoms. The average Bonchev–Trinajstić information content (AvgIpc) is 3.00. The first-order valence-electron chi connectivity index (χ1n) is 15.8. The van der Waals surface area contributed by atoms with Crippen LogP contribution in [-0.4, -0.2) is 9.97 Å². The monoisotopic (exact) mass is 586 g/mol. The second-order valence-corrected chi connectivity index (χ2v) is 12.9. The molecule has 0 amide bonds. The Morgan fingerprint density at radius 2 is 0.667 bits per heavy atom. The highest BCUT2D eigenvalue weighted by molar-refractivity contribution is 5.80. The summed E-state index contributed by atoms with van der Waals surface area (Å²) in [5.41, 5.74) is 21.7. The largest absolute Gasteiger partial charge is 0.228 e. The van der Waals surface area contributed by atoms with Crippen LogP contribution < -0.4 is 0 Å². The van der Waals surface area contributed by atoms with Gasteiger partial charge in [0.2, 0.25) is 0 Å². The van der Waals surface area contributed by atoms with Crippen molar-refractivity contribution in [3.8, 4) is 56.2 Å². The van der Waals surface area contributed by atoms with Crippen molar-refractivity contribution < 1.29 is 0 Å². The molecule has 1 aromatic heterocycles. The minimum atomic E-state index is 0.740. The normalized spacial score (nSPS) is 11.2. The summed E-state index contributed by atoms with van der Waals surface area (Å²) in [6.07, 6.45) is 0. The number of aromatic nitrogens is 2. The number of aryl methyl sites for hydroxylation is 9. The Balaban J connectivity index is 1.50. The third-order valence-corrected chi connectivity index (χ3v) is 9.28. The Kier molecular flexibility index (Phi) is 8.01. The number of rotatable bonds is 5. The van der Waals surface area contributed by atoms with E-state index < -0.39 is 0 Å². The summed E-state index contributed by atoms with van der Waals surface area (Å²) < 4.78 is 0. The predicted molar refractivity (Wildman–Crippen MR) is 192 cm³/mol. The highest BCUT2D eigenvalue weighted by atomic mass is 14.9. The molecule has 0 N–H and O–H groups in total. The summed E-state index contributed by atoms with van der Waals surface area (Å²) in [5, 5.41) is 0. The maximum Gasteiger partial charge on any atom is 0.160 e. The summed E-state index contributed by atoms with van der Waals surface area (Å²) in [6, 6.07) is 33.3. The molecule has 0 saturated carbocycles. The van der Waals surface area contributed by atoms with Crippen molar-refractivity contribution in [3.63, 3.8) is 0 Å². The van der Waals surface area contributed by atoms with Gasteiger partial charge in [-0.3, -0.25) is 0 Å². The van der Waals surface area contributed by atoms with Crippen molar-refractivity contribution in [1.29, 1.82) is 0 Å². The summed E-state index contributed by atoms with van der Waals surface area (Å²) in [5.74, 6) is 0.740. The van der Waals surface area contributed by atoms with Gasteiger partial charge in [-0.15, -0.1) is 0 Å². The van der Waals surface area contributed by atoms with Crippen LogP contribution >= 0.6 is 0 Å². The first kappa shape index (κ1) is 30.2. The lowest BCUT2D eigenvalue weighted by Gasteiger charge is -2.17. The van der Waals surface area contributed by atoms with Gasteiger partial charge in [0.1, 0.15) is 0 Å². The SMILES string of the molecule is Cc1ccc(-c2nc(-c3cc(C)c(-c4ccc(C)c(C)c4)c(C)c3)cc(-c3cc(C)c(-c4ccc(C)c(C)c4)c(C)c3)n2)cc1. The Hall–Kier alpha value is -4.82. The molecule has 0 aliphatic rings. The Bertz CT molecular complexity index is 1910. The maximum absolute atomic E-state index is 5.16. The molecule has 1 heterocycles. The first-order valence-corrected chi connectivity index (χ1v) is 15.8. The van der Waals surface area contributed by atoms with Crippen LogP contribution in [0.4, 0.5) is 0 Å². The van der Waals surface area contributed by atoms with Gasteiger partial charge in [-0.1, -0.05) is 66.2 Å². The molecule has 224 valence electrons. The summed E-state index contributed by atoms with van der Waals surface area (Å²) >= 11 is 0. The van der Waals surface area contributed by atoms with Crippen LogP contribution in [0.1, 0.15) is 50.1 Å². The van der Waals surface area contributed by atoms with E-state index in [4.69, 9.17) is 9.97 Å². The van der Waals surface area contributed by atoms with Crippen LogP contribution in [-0.2, 0) is 0 Å². The fourth-order valence-corrected chi connectivity index (χ4v) is 6.50. The van der Waals surface area contributed by atoms with Crippen molar-refractivity contribution in [3.05, 3.63) is 141 Å². The number of nitrogens with zero attached hydrogens (tertiary/aromatic N) is 2. The maximum atomic E-state index is 5.16. The fourth-order valence-electron chi connectivity index (χ4n) is 6.50. The lowest BCUT2D eigenvalue weighted by atomic mass is 9.90. The average molecular weight is 587 g/mol. The zero-order valence-corrected chi connectivity index (χ0v) is 28.1. The summed E-state index contributed by atoms with van der Waals surface area (Å²) in [4.78, 5) is 10.3. The molecule has 0 aliphatic carbocycles. The number of hydrogen-bond acceptors (Lipinski definition) is 2. The molecule has 0 radical (unpaired) electrons. The summed E-state index contributed by atoms with van der Waals surface area (Å²) in [6.45, 7) is 19.7. The van der Waals surface area contributed by atoms with E-state index in [1.165, 1.54) is 72.3 Å². The Labute approximate surface area is 268 Å². The second-order valence-electron chi connectivity index (χ2n) is 12.9. The lowest BCUT2D eigenvalue weighted by molar-refractivity contribution is 1.18. The quantitative estimate of drug-likeness (QED) is 0.201. The van der Waals surface area contributed by atoms with Crippen molar-refractivity contribution in [2.24, 2.45) is 0 Å². The molecule has 6 aromatic rings. The minimum Gasteiger partial charge on any atom is -0.228 e. The number of hydrogen-bond donors (Lipinski definition) is 0. The minimum absolute atomic E-state index is 0.740. The second kappa shape index (κ2) is 11.9. The van der Waals surface area contributed by atoms with Crippen molar-refractivity contribution in [2.75, 3.05) is 0 Å². The lowest BCUT2D eigenvalue weighted by Crippen LogP contribution is -1.99. The van der Waals surface area contributed by atoms with Crippen LogP contribution in [0.3, 0.4) is 0 Å². The Morgan fingerprint density at radius 3 is 1.04 bits per heavy atom. The Morgan fingerprint density at radius 1 is 0.311 bits per heavy atom. The molecule has 0 aliphatic heterocycles. The van der Waals surface area contributed by atoms with E-state index >= 15 is 0 Å². The molecule has 45 heavy (non-hydrogen) atoms. The van der Waals surface area contributed by atoms with Gasteiger partial charge in [0.15, 0.2) is 5.82 Å². The molecule has 6 rings (SSSR count). The summed E-state index contributed by atoms with van der Waals surface area (Å²) in [7, 11) is 0. The molecule has 0 atom stereocenters. The third-order valence-electron chi connectivity index (χ3n) is 9.28. The van der Waals surface area contributed by atoms with Gasteiger partial charge in [0.25, 0.3) is 0 Å². The van der Waals surface area contributed by atoms with E-state index in [1.807, 2.05) is 0 Å². The van der Waals surface area contributed by atoms with E-state index in [0.717, 1.165) is 33.9 Å². The van der Waals surface area contributed by atoms with Gasteiger partial charge in [-0.05, 0) is 159 Å². The van der Waals surface area contributed by atoms with Crippen LogP contribution in [0.15, 0.2) is 91.0 Å².